The maximum absolute atomic E-state index is 12.6. The predicted octanol–water partition coefficient (Wildman–Crippen LogP) is 4.22. The fourth-order valence-electron chi connectivity index (χ4n) is 2.97. The molecule has 168 valence electrons. The maximum atomic E-state index is 12.6. The fourth-order valence-corrected chi connectivity index (χ4v) is 3.99. The number of carbonyl (C=O) groups excluding carboxylic acids is 1. The first-order chi connectivity index (χ1) is 14.6. The van der Waals surface area contributed by atoms with Gasteiger partial charge in [-0.3, -0.25) is 5.32 Å². The summed E-state index contributed by atoms with van der Waals surface area (Å²) in [5.41, 5.74) is 0. The Morgan fingerprint density at radius 2 is 1.65 bits per heavy atom. The number of hydrogen-bond acceptors (Lipinski definition) is 6. The average Bonchev–Trinajstić information content (AvgIpc) is 2.74. The number of nitrogens with one attached hydrogen (secondary N) is 1. The van der Waals surface area contributed by atoms with E-state index >= 15 is 0 Å². The number of hydrogen-bond donors (Lipinski definition) is 1. The van der Waals surface area contributed by atoms with Crippen molar-refractivity contribution in [1.82, 2.24) is 14.9 Å². The minimum atomic E-state index is -1.91. The summed E-state index contributed by atoms with van der Waals surface area (Å²) >= 11 is 0. The summed E-state index contributed by atoms with van der Waals surface area (Å²) < 4.78 is 11.4. The standard InChI is InChI=1S/C22H33N5O3Si/c1-22(2,3)31(5,6)30-18-7-9-19(23-16-18)25-21(28)27-13-11-26(12-14-27)20-10-8-17(29-4)15-24-20/h7-10,15-16H,11-14H2,1-6H3,(H,23,25,28). The molecule has 0 atom stereocenters. The van der Waals surface area contributed by atoms with E-state index in [2.05, 4.69) is 54.0 Å². The van der Waals surface area contributed by atoms with Crippen molar-refractivity contribution in [2.24, 2.45) is 0 Å². The number of aromatic nitrogens is 2. The predicted molar refractivity (Wildman–Crippen MR) is 126 cm³/mol. The van der Waals surface area contributed by atoms with Crippen LogP contribution in [-0.2, 0) is 0 Å². The Balaban J connectivity index is 1.51. The summed E-state index contributed by atoms with van der Waals surface area (Å²) in [7, 11) is -0.291. The number of pyridine rings is 2. The molecule has 1 aliphatic rings. The van der Waals surface area contributed by atoms with Gasteiger partial charge in [-0.15, -0.1) is 0 Å². The highest BCUT2D eigenvalue weighted by atomic mass is 28.4. The van der Waals surface area contributed by atoms with E-state index in [0.717, 1.165) is 30.4 Å². The highest BCUT2D eigenvalue weighted by Crippen LogP contribution is 2.37. The lowest BCUT2D eigenvalue weighted by atomic mass is 10.2. The van der Waals surface area contributed by atoms with Crippen LogP contribution in [0, 0.1) is 0 Å². The first kappa shape index (κ1) is 22.9. The second-order valence-electron chi connectivity index (χ2n) is 9.20. The number of amides is 2. The van der Waals surface area contributed by atoms with Gasteiger partial charge in [-0.25, -0.2) is 14.8 Å². The Hall–Kier alpha value is -2.81. The summed E-state index contributed by atoms with van der Waals surface area (Å²) in [4.78, 5) is 25.4. The molecule has 8 nitrogen and oxygen atoms in total. The first-order valence-electron chi connectivity index (χ1n) is 10.5. The van der Waals surface area contributed by atoms with Crippen molar-refractivity contribution in [2.75, 3.05) is 43.5 Å². The van der Waals surface area contributed by atoms with Gasteiger partial charge in [-0.05, 0) is 42.4 Å². The van der Waals surface area contributed by atoms with E-state index in [1.807, 2.05) is 18.2 Å². The van der Waals surface area contributed by atoms with Crippen molar-refractivity contribution in [2.45, 2.75) is 38.9 Å². The van der Waals surface area contributed by atoms with E-state index in [9.17, 15) is 4.79 Å². The van der Waals surface area contributed by atoms with Gasteiger partial charge in [0.15, 0.2) is 0 Å². The summed E-state index contributed by atoms with van der Waals surface area (Å²) in [5, 5.41) is 3.00. The molecular weight excluding hydrogens is 410 g/mol. The number of ether oxygens (including phenoxy) is 1. The number of piperazine rings is 1. The van der Waals surface area contributed by atoms with Crippen LogP contribution in [0.15, 0.2) is 36.7 Å². The molecular formula is C22H33N5O3Si. The normalized spacial score (nSPS) is 14.9. The number of urea groups is 1. The lowest BCUT2D eigenvalue weighted by Gasteiger charge is -2.36. The third-order valence-electron chi connectivity index (χ3n) is 6.00. The molecule has 0 aromatic carbocycles. The Morgan fingerprint density at radius 3 is 2.16 bits per heavy atom. The SMILES string of the molecule is COc1ccc(N2CCN(C(=O)Nc3ccc(O[Si](C)(C)C(C)(C)C)cn3)CC2)nc1. The van der Waals surface area contributed by atoms with Crippen LogP contribution in [0.1, 0.15) is 20.8 Å². The third-order valence-corrected chi connectivity index (χ3v) is 10.4. The van der Waals surface area contributed by atoms with Crippen LogP contribution >= 0.6 is 0 Å². The van der Waals surface area contributed by atoms with Crippen LogP contribution in [0.2, 0.25) is 18.1 Å². The van der Waals surface area contributed by atoms with E-state index in [1.54, 1.807) is 30.5 Å². The summed E-state index contributed by atoms with van der Waals surface area (Å²) in [6, 6.07) is 7.35. The number of rotatable bonds is 5. The summed E-state index contributed by atoms with van der Waals surface area (Å²) in [6.07, 6.45) is 3.39. The first-order valence-corrected chi connectivity index (χ1v) is 13.5. The molecule has 1 saturated heterocycles. The van der Waals surface area contributed by atoms with Crippen LogP contribution in [0.3, 0.4) is 0 Å². The summed E-state index contributed by atoms with van der Waals surface area (Å²) in [5.74, 6) is 2.88. The van der Waals surface area contributed by atoms with E-state index in [0.29, 0.717) is 18.9 Å². The molecule has 0 aliphatic carbocycles. The molecule has 1 aliphatic heterocycles. The second kappa shape index (κ2) is 9.13. The van der Waals surface area contributed by atoms with Gasteiger partial charge >= 0.3 is 6.03 Å². The van der Waals surface area contributed by atoms with Crippen LogP contribution in [0.5, 0.6) is 11.5 Å². The number of anilines is 2. The van der Waals surface area contributed by atoms with Crippen LogP contribution in [0.4, 0.5) is 16.4 Å². The van der Waals surface area contributed by atoms with Gasteiger partial charge in [-0.2, -0.15) is 0 Å². The van der Waals surface area contributed by atoms with Crippen LogP contribution in [-0.4, -0.2) is 62.5 Å². The minimum absolute atomic E-state index is 0.114. The Kier molecular flexibility index (Phi) is 6.73. The Bertz CT molecular complexity index is 874. The Labute approximate surface area is 185 Å². The highest BCUT2D eigenvalue weighted by molar-refractivity contribution is 6.74. The zero-order valence-corrected chi connectivity index (χ0v) is 20.3. The molecule has 0 spiro atoms. The lowest BCUT2D eigenvalue weighted by molar-refractivity contribution is 0.208. The molecule has 2 aromatic rings. The molecule has 0 bridgehead atoms. The molecule has 9 heteroatoms. The monoisotopic (exact) mass is 443 g/mol. The van der Waals surface area contributed by atoms with Crippen molar-refractivity contribution >= 4 is 26.0 Å². The van der Waals surface area contributed by atoms with Crippen molar-refractivity contribution in [3.05, 3.63) is 36.7 Å². The van der Waals surface area contributed by atoms with Gasteiger partial charge in [0.05, 0.1) is 19.5 Å². The fraction of sp³-hybridized carbons (Fsp3) is 0.500. The van der Waals surface area contributed by atoms with Crippen molar-refractivity contribution < 1.29 is 14.0 Å². The third kappa shape index (κ3) is 5.66. The zero-order chi connectivity index (χ0) is 22.6. The molecule has 0 radical (unpaired) electrons. The van der Waals surface area contributed by atoms with Crippen LogP contribution < -0.4 is 19.4 Å². The van der Waals surface area contributed by atoms with E-state index in [-0.39, 0.29) is 11.1 Å². The smallest absolute Gasteiger partial charge is 0.323 e. The van der Waals surface area contributed by atoms with E-state index < -0.39 is 8.32 Å². The van der Waals surface area contributed by atoms with Crippen molar-refractivity contribution in [1.29, 1.82) is 0 Å². The molecule has 3 heterocycles. The van der Waals surface area contributed by atoms with Crippen molar-refractivity contribution in [3.8, 4) is 11.5 Å². The van der Waals surface area contributed by atoms with Gasteiger partial charge in [0.2, 0.25) is 0 Å². The van der Waals surface area contributed by atoms with Crippen LogP contribution in [0.25, 0.3) is 0 Å². The molecule has 1 N–H and O–H groups in total. The number of nitrogens with zero attached hydrogens (tertiary/aromatic N) is 4. The van der Waals surface area contributed by atoms with Gasteiger partial charge in [-0.1, -0.05) is 20.8 Å². The quantitative estimate of drug-likeness (QED) is 0.697. The average molecular weight is 444 g/mol. The number of methoxy groups -OCH3 is 1. The second-order valence-corrected chi connectivity index (χ2v) is 13.9. The molecule has 3 rings (SSSR count). The van der Waals surface area contributed by atoms with E-state index in [4.69, 9.17) is 9.16 Å². The summed E-state index contributed by atoms with van der Waals surface area (Å²) in [6.45, 7) is 13.7. The van der Waals surface area contributed by atoms with Crippen molar-refractivity contribution in [3.63, 3.8) is 0 Å². The lowest BCUT2D eigenvalue weighted by Crippen LogP contribution is -2.50. The zero-order valence-electron chi connectivity index (χ0n) is 19.3. The maximum Gasteiger partial charge on any atom is 0.323 e. The van der Waals surface area contributed by atoms with Gasteiger partial charge in [0.25, 0.3) is 8.32 Å². The topological polar surface area (TPSA) is 79.8 Å². The molecule has 2 amide bonds. The molecule has 31 heavy (non-hydrogen) atoms. The minimum Gasteiger partial charge on any atom is -0.542 e. The number of carbonyl (C=O) groups is 1. The van der Waals surface area contributed by atoms with Gasteiger partial charge in [0, 0.05) is 26.2 Å². The Morgan fingerprint density at radius 1 is 1.00 bits per heavy atom. The highest BCUT2D eigenvalue weighted by Gasteiger charge is 2.39. The van der Waals surface area contributed by atoms with Gasteiger partial charge in [0.1, 0.15) is 23.1 Å². The largest absolute Gasteiger partial charge is 0.542 e. The molecule has 1 fully saturated rings. The molecule has 0 unspecified atom stereocenters. The van der Waals surface area contributed by atoms with Gasteiger partial charge < -0.3 is 19.0 Å². The molecule has 2 aromatic heterocycles. The van der Waals surface area contributed by atoms with E-state index in [1.165, 1.54) is 0 Å². The molecule has 0 saturated carbocycles.